The van der Waals surface area contributed by atoms with Crippen molar-refractivity contribution in [3.05, 3.63) is 47.6 Å². The van der Waals surface area contributed by atoms with Gasteiger partial charge in [0.15, 0.2) is 25.2 Å². The Morgan fingerprint density at radius 2 is 0.823 bits per heavy atom. The number of rotatable bonds is 56. The number of hydrogen-bond donors (Lipinski definition) is 18. The summed E-state index contributed by atoms with van der Waals surface area (Å²) in [6.07, 6.45) is -11.1. The molecule has 8 rings (SSSR count). The van der Waals surface area contributed by atoms with Crippen molar-refractivity contribution in [3.63, 3.8) is 0 Å². The molecule has 48 nitrogen and oxygen atoms in total. The zero-order chi connectivity index (χ0) is 90.2. The summed E-state index contributed by atoms with van der Waals surface area (Å²) in [4.78, 5) is 67.4. The molecule has 124 heavy (non-hydrogen) atoms. The molecule has 0 aliphatic carbocycles. The number of aliphatic hydroxyl groups is 12. The third-order valence-electron chi connectivity index (χ3n) is 22.0. The van der Waals surface area contributed by atoms with Crippen LogP contribution in [0.5, 0.6) is 0 Å². The van der Waals surface area contributed by atoms with Crippen molar-refractivity contribution in [2.75, 3.05) is 139 Å². The molecule has 3 aromatic rings. The van der Waals surface area contributed by atoms with Crippen LogP contribution >= 0.6 is 0 Å². The highest BCUT2D eigenvalue weighted by molar-refractivity contribution is 5.81. The van der Waals surface area contributed by atoms with Gasteiger partial charge in [-0.2, -0.15) is 0 Å². The lowest BCUT2D eigenvalue weighted by atomic mass is 9.77. The smallest absolute Gasteiger partial charge is 0.237 e. The Bertz CT molecular complexity index is 3570. The van der Waals surface area contributed by atoms with Gasteiger partial charge < -0.3 is 145 Å². The summed E-state index contributed by atoms with van der Waals surface area (Å²) in [5.41, 5.74) is 5.83. The Hall–Kier alpha value is -6.97. The van der Waals surface area contributed by atoms with E-state index in [-0.39, 0.29) is 136 Å². The molecule has 4 saturated heterocycles. The van der Waals surface area contributed by atoms with Gasteiger partial charge in [0.05, 0.1) is 161 Å². The zero-order valence-electron chi connectivity index (χ0n) is 72.1. The molecule has 0 saturated carbocycles. The number of carbonyl (C=O) groups is 5. The van der Waals surface area contributed by atoms with Crippen molar-refractivity contribution in [1.29, 1.82) is 0 Å². The minimum atomic E-state index is -1.49. The first kappa shape index (κ1) is 102. The summed E-state index contributed by atoms with van der Waals surface area (Å²) in [6, 6.07) is -5.27. The minimum absolute atomic E-state index is 0.00589. The van der Waals surface area contributed by atoms with Crippen molar-refractivity contribution >= 4 is 29.5 Å². The Morgan fingerprint density at radius 1 is 0.476 bits per heavy atom. The van der Waals surface area contributed by atoms with Gasteiger partial charge in [0.25, 0.3) is 0 Å². The fourth-order valence-corrected chi connectivity index (χ4v) is 14.4. The van der Waals surface area contributed by atoms with Crippen LogP contribution in [0.1, 0.15) is 105 Å². The van der Waals surface area contributed by atoms with Crippen LogP contribution in [-0.2, 0) is 120 Å². The number of carbonyl (C=O) groups excluding carboxylic acids is 5. The van der Waals surface area contributed by atoms with Crippen LogP contribution in [0.3, 0.4) is 0 Å². The maximum Gasteiger partial charge on any atom is 0.237 e. The van der Waals surface area contributed by atoms with Gasteiger partial charge in [-0.05, 0) is 43.6 Å². The van der Waals surface area contributed by atoms with E-state index in [9.17, 15) is 80.5 Å². The maximum absolute atomic E-state index is 15.3. The van der Waals surface area contributed by atoms with Gasteiger partial charge in [-0.1, -0.05) is 49.8 Å². The predicted molar refractivity (Wildman–Crippen MR) is 427 cm³/mol. The van der Waals surface area contributed by atoms with Crippen LogP contribution < -0.4 is 32.1 Å². The van der Waals surface area contributed by atoms with E-state index < -0.39 is 179 Å². The van der Waals surface area contributed by atoms with Crippen LogP contribution in [0.25, 0.3) is 0 Å². The van der Waals surface area contributed by atoms with Crippen molar-refractivity contribution in [2.45, 2.75) is 255 Å². The fourth-order valence-electron chi connectivity index (χ4n) is 14.4. The molecular formula is C76H133N19O29. The van der Waals surface area contributed by atoms with Gasteiger partial charge in [0, 0.05) is 92.3 Å². The molecule has 0 bridgehead atoms. The van der Waals surface area contributed by atoms with E-state index in [1.807, 2.05) is 23.3 Å². The molecule has 4 fully saturated rings. The number of ether oxygens (including phenoxy) is 12. The molecular weight excluding hydrogens is 1640 g/mol. The number of nitrogens with zero attached hydrogens (tertiary/aromatic N) is 13. The molecule has 48 heteroatoms. The molecule has 706 valence electrons. The summed E-state index contributed by atoms with van der Waals surface area (Å²) in [7, 11) is 1.84. The molecule has 3 aromatic heterocycles. The van der Waals surface area contributed by atoms with Gasteiger partial charge in [0.1, 0.15) is 97.4 Å². The zero-order valence-corrected chi connectivity index (χ0v) is 72.1. The van der Waals surface area contributed by atoms with Gasteiger partial charge in [-0.25, -0.2) is 14.0 Å². The van der Waals surface area contributed by atoms with Crippen LogP contribution in [0.2, 0.25) is 0 Å². The molecule has 8 heterocycles. The number of aromatic nitrogens is 9. The molecule has 5 aliphatic rings. The summed E-state index contributed by atoms with van der Waals surface area (Å²) in [6.45, 7) is 14.9. The number of amides is 5. The normalized spacial score (nSPS) is 27.7. The van der Waals surface area contributed by atoms with Gasteiger partial charge >= 0.3 is 0 Å². The summed E-state index contributed by atoms with van der Waals surface area (Å²) in [5, 5.41) is 168. The third-order valence-corrected chi connectivity index (χ3v) is 22.0. The first-order valence-corrected chi connectivity index (χ1v) is 42.1. The lowest BCUT2D eigenvalue weighted by Gasteiger charge is -2.42. The first-order valence-electron chi connectivity index (χ1n) is 42.1. The largest absolute Gasteiger partial charge is 0.394 e. The SMILES string of the molecule is CC(=O)N[C@H]1[C@H](OCCOCCN2C=C(CN(Cc3cn(CCOCCO[C@@H]4O[C@H](CO)[C@H](O)[C@H](O)[C@H]4NC(C)=O)nn3)[C@@H](CCCCN(Cc3cn(CCOCCO[C@@H]4O[C@H](CO)[C@H](O)[C@H](O)[C@H]4NC(C)=O)nn3)Cc3cn(CCOCCO[C@@H]4O[C@H](CO)[C@H](O)[C@H](O)[C@H]4NC(C)=O)nn3)C(=O)NCCCC(C)(C)C(C)C)N(C)N2)O[C@H](CO)[C@H](O)[C@@H]1O. The van der Waals surface area contributed by atoms with Crippen molar-refractivity contribution in [2.24, 2.45) is 11.3 Å². The molecule has 0 spiro atoms. The van der Waals surface area contributed by atoms with E-state index >= 15 is 4.79 Å². The van der Waals surface area contributed by atoms with E-state index in [1.54, 1.807) is 32.6 Å². The quantitative estimate of drug-likeness (QED) is 0.0233. The molecule has 18 N–H and O–H groups in total. The maximum atomic E-state index is 15.3. The molecule has 0 aromatic carbocycles. The average Bonchev–Trinajstić information content (AvgIpc) is 1.22. The number of hydrogen-bond acceptors (Lipinski definition) is 40. The molecule has 5 amide bonds. The van der Waals surface area contributed by atoms with Crippen LogP contribution in [0.4, 0.5) is 0 Å². The topological polar surface area (TPSA) is 616 Å². The highest BCUT2D eigenvalue weighted by atomic mass is 16.7. The van der Waals surface area contributed by atoms with Crippen molar-refractivity contribution in [1.82, 2.24) is 96.9 Å². The summed E-state index contributed by atoms with van der Waals surface area (Å²) >= 11 is 0. The van der Waals surface area contributed by atoms with Crippen molar-refractivity contribution < 1.29 is 142 Å². The average molecular weight is 1780 g/mol. The third kappa shape index (κ3) is 31.8. The Labute approximate surface area is 719 Å². The summed E-state index contributed by atoms with van der Waals surface area (Å²) < 4.78 is 74.5. The lowest BCUT2D eigenvalue weighted by Crippen LogP contribution is -2.64. The molecule has 21 atom stereocenters. The number of nitrogens with one attached hydrogen (secondary N) is 6. The minimum Gasteiger partial charge on any atom is -0.394 e. The number of unbranched alkanes of at least 4 members (excludes halogenated alkanes) is 1. The Morgan fingerprint density at radius 3 is 1.16 bits per heavy atom. The van der Waals surface area contributed by atoms with E-state index in [2.05, 4.69) is 101 Å². The first-order chi connectivity index (χ1) is 59.3. The second-order valence-electron chi connectivity index (χ2n) is 32.2. The van der Waals surface area contributed by atoms with E-state index in [0.717, 1.165) is 12.1 Å². The summed E-state index contributed by atoms with van der Waals surface area (Å²) in [5.74, 6) is -1.81. The van der Waals surface area contributed by atoms with E-state index in [0.29, 0.717) is 68.3 Å². The van der Waals surface area contributed by atoms with E-state index in [4.69, 9.17) is 56.8 Å². The van der Waals surface area contributed by atoms with Crippen LogP contribution in [-0.4, -0.2) is 423 Å². The predicted octanol–water partition coefficient (Wildman–Crippen LogP) is -8.50. The van der Waals surface area contributed by atoms with Gasteiger partial charge in [-0.15, -0.1) is 20.8 Å². The molecule has 0 radical (unpaired) electrons. The van der Waals surface area contributed by atoms with Crippen molar-refractivity contribution in [3.8, 4) is 0 Å². The van der Waals surface area contributed by atoms with E-state index in [1.165, 1.54) is 27.7 Å². The highest BCUT2D eigenvalue weighted by Gasteiger charge is 2.49. The molecule has 5 aliphatic heterocycles. The molecule has 0 unspecified atom stereocenters. The number of hydrazine groups is 2. The highest BCUT2D eigenvalue weighted by Crippen LogP contribution is 2.32. The monoisotopic (exact) mass is 1780 g/mol. The standard InChI is InChI=1S/C76H133N19O29/c1-45(2)76(7,8)14-12-15-77-71(112)54(91(35-52-38-94(87-84-52)19-23-115-27-31-119-74-61(80-48(5)102)69(110)65(106)57(43-98)123-74)39-53-40-95(88-89(53)9)20-24-116-28-32-120-75-62(81-49(6)103)70(111)66(107)58(44-99)124-75)13-10-11-16-90(33-50-36-92(85-82-50)17-21-113-25-29-117-72-59(78-46(3)100)67(108)63(104)55(41-96)121-72)34-51-37-93(86-83-51)18-22-114-26-30-118-73-60(79-47(4)101)68(109)64(105)56(42-97)122-73/h36-38,40,45,54-70,72-75,88,96-99,104-111H,10-35,39,41-44H2,1-9H3,(H,77,112)(H,78,100)(H,79,101)(H,80,102)(H,81,103)/t54-,55+,56+,57+,58+,59+,60+,61+,62+,63-,64-,65-,66-,67+,68+,69+,70+,72+,73+,74+,75+/m0/s1. The van der Waals surface area contributed by atoms with Gasteiger partial charge in [0.2, 0.25) is 29.5 Å². The number of likely N-dealkylation sites (N-methyl/N-ethyl adjacent to an activating group) is 1. The Kier molecular flexibility index (Phi) is 42.8. The fraction of sp³-hybridized carbons (Fsp3) is 0.829. The Balaban J connectivity index is 0.968. The van der Waals surface area contributed by atoms with Gasteiger partial charge in [-0.3, -0.25) is 43.8 Å². The lowest BCUT2D eigenvalue weighted by molar-refractivity contribution is -0.272. The van der Waals surface area contributed by atoms with Crippen LogP contribution in [0.15, 0.2) is 30.5 Å². The second-order valence-corrected chi connectivity index (χ2v) is 32.2. The number of aliphatic hydroxyl groups excluding tert-OH is 12. The second kappa shape index (κ2) is 51.9. The van der Waals surface area contributed by atoms with Crippen LogP contribution in [0, 0.1) is 11.3 Å².